The minimum atomic E-state index is 0.0445. The van der Waals surface area contributed by atoms with E-state index < -0.39 is 0 Å². The lowest BCUT2D eigenvalue weighted by atomic mass is 9.99. The Morgan fingerprint density at radius 1 is 1.15 bits per heavy atom. The van der Waals surface area contributed by atoms with Crippen molar-refractivity contribution >= 4 is 33.4 Å². The highest BCUT2D eigenvalue weighted by molar-refractivity contribution is 9.10. The summed E-state index contributed by atoms with van der Waals surface area (Å²) in [6.07, 6.45) is 0.910. The lowest BCUT2D eigenvalue weighted by molar-refractivity contribution is 0.0734. The van der Waals surface area contributed by atoms with Crippen molar-refractivity contribution in [1.29, 1.82) is 0 Å². The molecule has 0 aliphatic carbocycles. The molecule has 20 heavy (non-hydrogen) atoms. The van der Waals surface area contributed by atoms with Crippen molar-refractivity contribution in [3.63, 3.8) is 0 Å². The highest BCUT2D eigenvalue weighted by Gasteiger charge is 2.22. The molecule has 102 valence electrons. The number of benzene rings is 2. The molecule has 2 aromatic carbocycles. The predicted octanol–water partition coefficient (Wildman–Crippen LogP) is 4.30. The van der Waals surface area contributed by atoms with Crippen LogP contribution in [0.25, 0.3) is 0 Å². The molecule has 3 rings (SSSR count). The Labute approximate surface area is 131 Å². The quantitative estimate of drug-likeness (QED) is 0.751. The van der Waals surface area contributed by atoms with Crippen molar-refractivity contribution in [1.82, 2.24) is 4.90 Å². The van der Waals surface area contributed by atoms with E-state index in [0.29, 0.717) is 17.1 Å². The second-order valence-corrected chi connectivity index (χ2v) is 6.16. The van der Waals surface area contributed by atoms with E-state index in [0.717, 1.165) is 17.4 Å². The fourth-order valence-electron chi connectivity index (χ4n) is 2.50. The maximum atomic E-state index is 12.6. The van der Waals surface area contributed by atoms with Crippen LogP contribution in [0.4, 0.5) is 0 Å². The van der Waals surface area contributed by atoms with E-state index in [2.05, 4.69) is 28.1 Å². The number of halogens is 2. The van der Waals surface area contributed by atoms with Crippen LogP contribution in [0.2, 0.25) is 5.02 Å². The molecule has 1 heterocycles. The molecule has 1 aliphatic rings. The van der Waals surface area contributed by atoms with Gasteiger partial charge in [-0.3, -0.25) is 4.79 Å². The summed E-state index contributed by atoms with van der Waals surface area (Å²) in [7, 11) is 0. The van der Waals surface area contributed by atoms with Gasteiger partial charge in [0.2, 0.25) is 0 Å². The summed E-state index contributed by atoms with van der Waals surface area (Å²) in [5, 5.41) is 0.623. The number of carbonyl (C=O) groups is 1. The number of amides is 1. The van der Waals surface area contributed by atoms with Gasteiger partial charge in [0, 0.05) is 22.6 Å². The summed E-state index contributed by atoms with van der Waals surface area (Å²) in [6.45, 7) is 1.43. The van der Waals surface area contributed by atoms with E-state index >= 15 is 0 Å². The third-order valence-electron chi connectivity index (χ3n) is 3.58. The summed E-state index contributed by atoms with van der Waals surface area (Å²) in [6, 6.07) is 13.6. The standard InChI is InChI=1S/C16H13BrClNO/c17-15-9-13(18)5-6-14(15)16(20)19-8-7-11-3-1-2-4-12(11)10-19/h1-6,9H,7-8,10H2. The third kappa shape index (κ3) is 2.60. The number of nitrogens with zero attached hydrogens (tertiary/aromatic N) is 1. The summed E-state index contributed by atoms with van der Waals surface area (Å²) >= 11 is 9.33. The smallest absolute Gasteiger partial charge is 0.255 e. The largest absolute Gasteiger partial charge is 0.334 e. The molecular formula is C16H13BrClNO. The molecule has 2 nitrogen and oxygen atoms in total. The second-order valence-electron chi connectivity index (χ2n) is 4.87. The van der Waals surface area contributed by atoms with E-state index in [4.69, 9.17) is 11.6 Å². The van der Waals surface area contributed by atoms with Crippen LogP contribution in [-0.2, 0) is 13.0 Å². The molecule has 0 saturated carbocycles. The SMILES string of the molecule is O=C(c1ccc(Cl)cc1Br)N1CCc2ccccc2C1. The molecule has 2 aromatic rings. The van der Waals surface area contributed by atoms with E-state index in [1.165, 1.54) is 11.1 Å². The highest BCUT2D eigenvalue weighted by atomic mass is 79.9. The van der Waals surface area contributed by atoms with E-state index in [-0.39, 0.29) is 5.91 Å². The van der Waals surface area contributed by atoms with Crippen LogP contribution in [0.1, 0.15) is 21.5 Å². The zero-order chi connectivity index (χ0) is 14.1. The van der Waals surface area contributed by atoms with Gasteiger partial charge >= 0.3 is 0 Å². The van der Waals surface area contributed by atoms with Gasteiger partial charge in [0.1, 0.15) is 0 Å². The van der Waals surface area contributed by atoms with Crippen molar-refractivity contribution in [2.24, 2.45) is 0 Å². The first kappa shape index (κ1) is 13.7. The van der Waals surface area contributed by atoms with E-state index in [9.17, 15) is 4.79 Å². The lowest BCUT2D eigenvalue weighted by Crippen LogP contribution is -2.36. The van der Waals surface area contributed by atoms with Crippen molar-refractivity contribution in [2.75, 3.05) is 6.54 Å². The van der Waals surface area contributed by atoms with E-state index in [1.807, 2.05) is 17.0 Å². The molecule has 0 saturated heterocycles. The molecular weight excluding hydrogens is 338 g/mol. The number of fused-ring (bicyclic) bond motifs is 1. The zero-order valence-electron chi connectivity index (χ0n) is 10.8. The lowest BCUT2D eigenvalue weighted by Gasteiger charge is -2.29. The molecule has 1 amide bonds. The van der Waals surface area contributed by atoms with Crippen LogP contribution in [0, 0.1) is 0 Å². The first-order chi connectivity index (χ1) is 9.65. The summed E-state index contributed by atoms with van der Waals surface area (Å²) in [4.78, 5) is 14.5. The topological polar surface area (TPSA) is 20.3 Å². The molecule has 4 heteroatoms. The molecule has 0 radical (unpaired) electrons. The first-order valence-electron chi connectivity index (χ1n) is 6.46. The van der Waals surface area contributed by atoms with Crippen LogP contribution in [0.15, 0.2) is 46.9 Å². The van der Waals surface area contributed by atoms with E-state index in [1.54, 1.807) is 18.2 Å². The predicted molar refractivity (Wildman–Crippen MR) is 84.0 cm³/mol. The highest BCUT2D eigenvalue weighted by Crippen LogP contribution is 2.25. The maximum absolute atomic E-state index is 12.6. The summed E-state index contributed by atoms with van der Waals surface area (Å²) in [5.41, 5.74) is 3.23. The average Bonchev–Trinajstić information content (AvgIpc) is 2.46. The van der Waals surface area contributed by atoms with Gasteiger partial charge in [-0.15, -0.1) is 0 Å². The molecule has 0 atom stereocenters. The maximum Gasteiger partial charge on any atom is 0.255 e. The Kier molecular flexibility index (Phi) is 3.81. The minimum Gasteiger partial charge on any atom is -0.334 e. The first-order valence-corrected chi connectivity index (χ1v) is 7.63. The Balaban J connectivity index is 1.86. The summed E-state index contributed by atoms with van der Waals surface area (Å²) < 4.78 is 0.744. The number of rotatable bonds is 1. The van der Waals surface area contributed by atoms with Crippen molar-refractivity contribution in [3.05, 3.63) is 68.7 Å². The van der Waals surface area contributed by atoms with Gasteiger partial charge in [-0.2, -0.15) is 0 Å². The van der Waals surface area contributed by atoms with Crippen molar-refractivity contribution < 1.29 is 4.79 Å². The Morgan fingerprint density at radius 3 is 2.65 bits per heavy atom. The van der Waals surface area contributed by atoms with Crippen LogP contribution in [0.5, 0.6) is 0 Å². The molecule has 0 spiro atoms. The van der Waals surface area contributed by atoms with Crippen LogP contribution in [-0.4, -0.2) is 17.4 Å². The van der Waals surface area contributed by atoms with Crippen LogP contribution >= 0.6 is 27.5 Å². The van der Waals surface area contributed by atoms with Gasteiger partial charge in [-0.05, 0) is 51.7 Å². The average molecular weight is 351 g/mol. The Morgan fingerprint density at radius 2 is 1.90 bits per heavy atom. The molecule has 0 N–H and O–H groups in total. The fraction of sp³-hybridized carbons (Fsp3) is 0.188. The monoisotopic (exact) mass is 349 g/mol. The Hall–Kier alpha value is -1.32. The van der Waals surface area contributed by atoms with Crippen molar-refractivity contribution in [3.8, 4) is 0 Å². The molecule has 1 aliphatic heterocycles. The van der Waals surface area contributed by atoms with Crippen LogP contribution in [0.3, 0.4) is 0 Å². The van der Waals surface area contributed by atoms with Gasteiger partial charge in [0.05, 0.1) is 5.56 Å². The third-order valence-corrected chi connectivity index (χ3v) is 4.47. The second kappa shape index (κ2) is 5.58. The van der Waals surface area contributed by atoms with Gasteiger partial charge < -0.3 is 4.90 Å². The Bertz CT molecular complexity index is 671. The minimum absolute atomic E-state index is 0.0445. The fourth-order valence-corrected chi connectivity index (χ4v) is 3.35. The normalized spacial score (nSPS) is 14.0. The molecule has 0 bridgehead atoms. The van der Waals surface area contributed by atoms with Gasteiger partial charge in [0.15, 0.2) is 0 Å². The molecule has 0 unspecified atom stereocenters. The molecule has 0 aromatic heterocycles. The van der Waals surface area contributed by atoms with Crippen LogP contribution < -0.4 is 0 Å². The van der Waals surface area contributed by atoms with Gasteiger partial charge in [0.25, 0.3) is 5.91 Å². The zero-order valence-corrected chi connectivity index (χ0v) is 13.1. The van der Waals surface area contributed by atoms with Gasteiger partial charge in [-0.25, -0.2) is 0 Å². The number of carbonyl (C=O) groups excluding carboxylic acids is 1. The molecule has 0 fully saturated rings. The summed E-state index contributed by atoms with van der Waals surface area (Å²) in [5.74, 6) is 0.0445. The number of hydrogen-bond donors (Lipinski definition) is 0. The number of hydrogen-bond acceptors (Lipinski definition) is 1. The van der Waals surface area contributed by atoms with Crippen molar-refractivity contribution in [2.45, 2.75) is 13.0 Å². The van der Waals surface area contributed by atoms with Gasteiger partial charge in [-0.1, -0.05) is 35.9 Å².